The van der Waals surface area contributed by atoms with Crippen molar-refractivity contribution in [2.24, 2.45) is 5.92 Å². The van der Waals surface area contributed by atoms with Crippen LogP contribution in [0, 0.1) is 5.92 Å². The van der Waals surface area contributed by atoms with Crippen LogP contribution in [0.5, 0.6) is 0 Å². The van der Waals surface area contributed by atoms with Crippen LogP contribution >= 0.6 is 0 Å². The van der Waals surface area contributed by atoms with Crippen molar-refractivity contribution in [1.82, 2.24) is 10.2 Å². The maximum absolute atomic E-state index is 12.1. The Labute approximate surface area is 110 Å². The first-order valence-electron chi connectivity index (χ1n) is 7.08. The fraction of sp³-hybridized carbons (Fsp3) is 0.857. The number of hydrogen-bond acceptors (Lipinski definition) is 3. The third kappa shape index (κ3) is 4.41. The summed E-state index contributed by atoms with van der Waals surface area (Å²) >= 11 is 0. The van der Waals surface area contributed by atoms with E-state index in [1.807, 2.05) is 13.8 Å². The van der Waals surface area contributed by atoms with Crippen molar-refractivity contribution in [2.45, 2.75) is 58.5 Å². The highest BCUT2D eigenvalue weighted by molar-refractivity contribution is 5.81. The van der Waals surface area contributed by atoms with Crippen molar-refractivity contribution in [3.05, 3.63) is 0 Å². The van der Waals surface area contributed by atoms with Gasteiger partial charge in [0.2, 0.25) is 5.91 Å². The van der Waals surface area contributed by atoms with Crippen molar-refractivity contribution in [3.63, 3.8) is 0 Å². The molecule has 4 heteroatoms. The molecule has 0 spiro atoms. The van der Waals surface area contributed by atoms with Gasteiger partial charge in [-0.05, 0) is 39.7 Å². The lowest BCUT2D eigenvalue weighted by Gasteiger charge is -2.34. The molecule has 1 aliphatic heterocycles. The Morgan fingerprint density at radius 1 is 1.50 bits per heavy atom. The molecule has 1 aliphatic rings. The summed E-state index contributed by atoms with van der Waals surface area (Å²) in [7, 11) is 0. The average molecular weight is 254 g/mol. The van der Waals surface area contributed by atoms with Gasteiger partial charge in [0, 0.05) is 18.5 Å². The lowest BCUT2D eigenvalue weighted by atomic mass is 9.98. The van der Waals surface area contributed by atoms with Gasteiger partial charge in [0.15, 0.2) is 0 Å². The van der Waals surface area contributed by atoms with Gasteiger partial charge >= 0.3 is 0 Å². The maximum atomic E-state index is 12.1. The quantitative estimate of drug-likeness (QED) is 0.732. The fourth-order valence-corrected chi connectivity index (χ4v) is 2.54. The zero-order valence-corrected chi connectivity index (χ0v) is 11.8. The summed E-state index contributed by atoms with van der Waals surface area (Å²) in [5.41, 5.74) is 0. The molecule has 0 aromatic rings. The molecule has 18 heavy (non-hydrogen) atoms. The highest BCUT2D eigenvalue weighted by Gasteiger charge is 2.27. The molecule has 0 saturated carbocycles. The van der Waals surface area contributed by atoms with Crippen molar-refractivity contribution in [3.8, 4) is 0 Å². The number of nitrogens with zero attached hydrogens (tertiary/aromatic N) is 1. The lowest BCUT2D eigenvalue weighted by molar-refractivity contribution is -0.128. The number of aldehydes is 1. The van der Waals surface area contributed by atoms with E-state index in [9.17, 15) is 9.59 Å². The van der Waals surface area contributed by atoms with Gasteiger partial charge in [-0.15, -0.1) is 0 Å². The Balaban J connectivity index is 2.44. The first kappa shape index (κ1) is 15.2. The molecular formula is C14H26N2O2. The summed E-state index contributed by atoms with van der Waals surface area (Å²) in [6.07, 6.45) is 5.07. The van der Waals surface area contributed by atoms with E-state index in [2.05, 4.69) is 17.1 Å². The van der Waals surface area contributed by atoms with Crippen molar-refractivity contribution in [2.75, 3.05) is 13.1 Å². The molecule has 4 nitrogen and oxygen atoms in total. The topological polar surface area (TPSA) is 49.4 Å². The molecule has 1 fully saturated rings. The van der Waals surface area contributed by atoms with Crippen molar-refractivity contribution >= 4 is 12.2 Å². The van der Waals surface area contributed by atoms with E-state index < -0.39 is 0 Å². The standard InChI is InChI=1S/C14H26N2O2/c1-4-6-11(2)15-14(18)12(3)16-8-5-7-13(9-16)10-17/h10-13H,4-9H2,1-3H3,(H,15,18). The molecule has 104 valence electrons. The Bertz CT molecular complexity index is 281. The molecule has 0 radical (unpaired) electrons. The lowest BCUT2D eigenvalue weighted by Crippen LogP contribution is -2.50. The zero-order chi connectivity index (χ0) is 13.5. The zero-order valence-electron chi connectivity index (χ0n) is 11.8. The number of likely N-dealkylation sites (tertiary alicyclic amines) is 1. The van der Waals surface area contributed by atoms with Crippen LogP contribution in [0.2, 0.25) is 0 Å². The fourth-order valence-electron chi connectivity index (χ4n) is 2.54. The molecule has 1 N–H and O–H groups in total. The molecular weight excluding hydrogens is 228 g/mol. The van der Waals surface area contributed by atoms with Crippen LogP contribution in [0.3, 0.4) is 0 Å². The Kier molecular flexibility index (Phi) is 6.33. The monoisotopic (exact) mass is 254 g/mol. The first-order chi connectivity index (χ1) is 8.58. The minimum absolute atomic E-state index is 0.0856. The van der Waals surface area contributed by atoms with Crippen molar-refractivity contribution < 1.29 is 9.59 Å². The molecule has 1 saturated heterocycles. The Hall–Kier alpha value is -0.900. The predicted molar refractivity (Wildman–Crippen MR) is 72.3 cm³/mol. The summed E-state index contributed by atoms with van der Waals surface area (Å²) in [6.45, 7) is 7.73. The molecule has 1 heterocycles. The van der Waals surface area contributed by atoms with Gasteiger partial charge in [0.25, 0.3) is 0 Å². The van der Waals surface area contributed by atoms with Gasteiger partial charge in [0.05, 0.1) is 6.04 Å². The molecule has 0 aliphatic carbocycles. The van der Waals surface area contributed by atoms with Crippen LogP contribution in [0.15, 0.2) is 0 Å². The third-order valence-corrected chi connectivity index (χ3v) is 3.72. The number of amides is 1. The van der Waals surface area contributed by atoms with E-state index in [4.69, 9.17) is 0 Å². The second kappa shape index (κ2) is 7.52. The second-order valence-corrected chi connectivity index (χ2v) is 5.41. The van der Waals surface area contributed by atoms with E-state index in [-0.39, 0.29) is 23.9 Å². The van der Waals surface area contributed by atoms with E-state index in [0.717, 1.165) is 45.1 Å². The minimum atomic E-state index is -0.132. The number of piperidine rings is 1. The van der Waals surface area contributed by atoms with E-state index in [1.54, 1.807) is 0 Å². The van der Waals surface area contributed by atoms with Gasteiger partial charge in [-0.1, -0.05) is 13.3 Å². The largest absolute Gasteiger partial charge is 0.352 e. The number of rotatable bonds is 6. The Morgan fingerprint density at radius 2 is 2.22 bits per heavy atom. The van der Waals surface area contributed by atoms with Crippen LogP contribution in [0.25, 0.3) is 0 Å². The summed E-state index contributed by atoms with van der Waals surface area (Å²) in [5.74, 6) is 0.185. The van der Waals surface area contributed by atoms with E-state index in [1.165, 1.54) is 0 Å². The van der Waals surface area contributed by atoms with Gasteiger partial charge in [-0.25, -0.2) is 0 Å². The molecule has 1 amide bonds. The number of carbonyl (C=O) groups is 2. The van der Waals surface area contributed by atoms with Crippen LogP contribution < -0.4 is 5.32 Å². The van der Waals surface area contributed by atoms with Gasteiger partial charge in [-0.2, -0.15) is 0 Å². The number of hydrogen-bond donors (Lipinski definition) is 1. The molecule has 1 rings (SSSR count). The SMILES string of the molecule is CCCC(C)NC(=O)C(C)N1CCCC(C=O)C1. The first-order valence-corrected chi connectivity index (χ1v) is 7.08. The predicted octanol–water partition coefficient (Wildman–Crippen LogP) is 1.59. The molecule has 0 aromatic heterocycles. The van der Waals surface area contributed by atoms with Gasteiger partial charge in [0.1, 0.15) is 6.29 Å². The van der Waals surface area contributed by atoms with Gasteiger partial charge < -0.3 is 10.1 Å². The van der Waals surface area contributed by atoms with Crippen LogP contribution in [0.4, 0.5) is 0 Å². The number of carbonyl (C=O) groups excluding carboxylic acids is 2. The molecule has 0 aromatic carbocycles. The summed E-state index contributed by atoms with van der Waals surface area (Å²) in [5, 5.41) is 3.04. The molecule has 3 atom stereocenters. The van der Waals surface area contributed by atoms with Crippen molar-refractivity contribution in [1.29, 1.82) is 0 Å². The smallest absolute Gasteiger partial charge is 0.237 e. The highest BCUT2D eigenvalue weighted by Crippen LogP contribution is 2.16. The molecule has 0 bridgehead atoms. The highest BCUT2D eigenvalue weighted by atomic mass is 16.2. The average Bonchev–Trinajstić information content (AvgIpc) is 2.38. The molecule has 3 unspecified atom stereocenters. The van der Waals surface area contributed by atoms with Gasteiger partial charge in [-0.3, -0.25) is 9.69 Å². The maximum Gasteiger partial charge on any atom is 0.237 e. The number of nitrogens with one attached hydrogen (secondary N) is 1. The van der Waals surface area contributed by atoms with Crippen LogP contribution in [-0.2, 0) is 9.59 Å². The normalized spacial score (nSPS) is 24.3. The van der Waals surface area contributed by atoms with E-state index >= 15 is 0 Å². The summed E-state index contributed by atoms with van der Waals surface area (Å²) < 4.78 is 0. The second-order valence-electron chi connectivity index (χ2n) is 5.41. The van der Waals surface area contributed by atoms with Crippen LogP contribution in [-0.4, -0.2) is 42.3 Å². The van der Waals surface area contributed by atoms with E-state index in [0.29, 0.717) is 0 Å². The Morgan fingerprint density at radius 3 is 2.83 bits per heavy atom. The third-order valence-electron chi connectivity index (χ3n) is 3.72. The summed E-state index contributed by atoms with van der Waals surface area (Å²) in [4.78, 5) is 25.0. The minimum Gasteiger partial charge on any atom is -0.352 e. The summed E-state index contributed by atoms with van der Waals surface area (Å²) in [6, 6.07) is 0.101. The van der Waals surface area contributed by atoms with Crippen LogP contribution in [0.1, 0.15) is 46.5 Å².